The molecule has 0 bridgehead atoms. The molecule has 17 nitrogen and oxygen atoms in total. The number of aromatic nitrogens is 4. The highest BCUT2D eigenvalue weighted by Gasteiger charge is 2.28. The van der Waals surface area contributed by atoms with E-state index in [0.29, 0.717) is 30.9 Å². The van der Waals surface area contributed by atoms with Gasteiger partial charge in [-0.15, -0.1) is 20.4 Å². The van der Waals surface area contributed by atoms with Crippen LogP contribution in [0.15, 0.2) is 24.3 Å². The maximum absolute atomic E-state index is 13.0. The molecule has 18 heteroatoms. The van der Waals surface area contributed by atoms with Crippen LogP contribution in [-0.4, -0.2) is 99.3 Å². The lowest BCUT2D eigenvalue weighted by Gasteiger charge is -2.30. The normalized spacial score (nSPS) is 12.9. The second-order valence-electron chi connectivity index (χ2n) is 23.3. The third-order valence-corrected chi connectivity index (χ3v) is 15.2. The predicted molar refractivity (Wildman–Crippen MR) is 318 cm³/mol. The standard InChI is InChI=1S/C62H109N6O11P/c1-8-10-12-14-16-18-20-22-24-26-28-30-32-34-36-38-58(71)75-50-55(79-59(72)39-37-35-33-31-29-27-25-23-21-19-17-15-13-11-9-2)51-78-80(73,74)77-47-45-63-57(70)49-62(6,7)76-46-44-61(4,5)64-56(69)48-53-40-42-54(43-41-53)60-67-65-52(3)66-68-60/h40-43,55H,8-39,44-51H2,1-7H3,(H,63,70)(H,64,69)(H,73,74)/t55-/m1/s1. The van der Waals surface area contributed by atoms with Crippen LogP contribution >= 0.6 is 7.82 Å². The van der Waals surface area contributed by atoms with E-state index in [1.54, 1.807) is 20.8 Å². The number of nitrogens with zero attached hydrogens (tertiary/aromatic N) is 4. The van der Waals surface area contributed by atoms with Crippen LogP contribution in [0.3, 0.4) is 0 Å². The number of amides is 2. The highest BCUT2D eigenvalue weighted by molar-refractivity contribution is 7.47. The largest absolute Gasteiger partial charge is 0.472 e. The van der Waals surface area contributed by atoms with Crippen molar-refractivity contribution in [2.24, 2.45) is 0 Å². The average Bonchev–Trinajstić information content (AvgIpc) is 3.41. The van der Waals surface area contributed by atoms with Gasteiger partial charge in [-0.05, 0) is 59.4 Å². The van der Waals surface area contributed by atoms with Gasteiger partial charge in [-0.1, -0.05) is 218 Å². The first kappa shape index (κ1) is 72.2. The molecule has 0 radical (unpaired) electrons. The Morgan fingerprint density at radius 3 is 1.50 bits per heavy atom. The zero-order chi connectivity index (χ0) is 58.6. The molecule has 2 rings (SSSR count). The molecule has 0 spiro atoms. The number of phosphoric acid groups is 1. The number of hydrogen-bond acceptors (Lipinski definition) is 14. The number of ether oxygens (including phenoxy) is 3. The number of rotatable bonds is 52. The van der Waals surface area contributed by atoms with Gasteiger partial charge >= 0.3 is 19.8 Å². The van der Waals surface area contributed by atoms with Gasteiger partial charge < -0.3 is 29.7 Å². The summed E-state index contributed by atoms with van der Waals surface area (Å²) >= 11 is 0. The van der Waals surface area contributed by atoms with Crippen molar-refractivity contribution in [1.29, 1.82) is 0 Å². The van der Waals surface area contributed by atoms with Crippen LogP contribution in [0.4, 0.5) is 0 Å². The van der Waals surface area contributed by atoms with E-state index in [2.05, 4.69) is 44.9 Å². The Morgan fingerprint density at radius 1 is 0.575 bits per heavy atom. The fourth-order valence-electron chi connectivity index (χ4n) is 9.39. The number of carbonyl (C=O) groups excluding carboxylic acids is 4. The average molecular weight is 1150 g/mol. The Bertz CT molecular complexity index is 1970. The molecule has 0 aliphatic rings. The summed E-state index contributed by atoms with van der Waals surface area (Å²) in [5, 5.41) is 21.7. The molecule has 1 aromatic heterocycles. The number of esters is 2. The topological polar surface area (TPSA) is 227 Å². The van der Waals surface area contributed by atoms with E-state index in [0.717, 1.165) is 49.7 Å². The van der Waals surface area contributed by atoms with Crippen LogP contribution in [0.25, 0.3) is 11.4 Å². The van der Waals surface area contributed by atoms with Crippen molar-refractivity contribution in [3.8, 4) is 11.4 Å². The molecule has 0 saturated heterocycles. The van der Waals surface area contributed by atoms with E-state index in [-0.39, 0.29) is 63.9 Å². The van der Waals surface area contributed by atoms with E-state index in [9.17, 15) is 28.6 Å². The van der Waals surface area contributed by atoms with Crippen molar-refractivity contribution in [3.05, 3.63) is 35.7 Å². The summed E-state index contributed by atoms with van der Waals surface area (Å²) in [5.74, 6) is -0.547. The van der Waals surface area contributed by atoms with E-state index >= 15 is 0 Å². The number of hydrogen-bond donors (Lipinski definition) is 3. The first-order valence-corrected chi connectivity index (χ1v) is 32.7. The van der Waals surface area contributed by atoms with E-state index in [1.807, 2.05) is 38.1 Å². The molecule has 2 amide bonds. The van der Waals surface area contributed by atoms with Crippen LogP contribution in [0.5, 0.6) is 0 Å². The van der Waals surface area contributed by atoms with Gasteiger partial charge in [0.2, 0.25) is 17.6 Å². The predicted octanol–water partition coefficient (Wildman–Crippen LogP) is 14.5. The van der Waals surface area contributed by atoms with Crippen LogP contribution in [0.2, 0.25) is 0 Å². The van der Waals surface area contributed by atoms with Crippen molar-refractivity contribution in [2.75, 3.05) is 33.0 Å². The number of phosphoric ester groups is 1. The molecule has 1 unspecified atom stereocenters. The number of aryl methyl sites for hydroxylation is 1. The fourth-order valence-corrected chi connectivity index (χ4v) is 10.1. The van der Waals surface area contributed by atoms with Gasteiger partial charge in [0.25, 0.3) is 0 Å². The highest BCUT2D eigenvalue weighted by atomic mass is 31.2. The van der Waals surface area contributed by atoms with Crippen molar-refractivity contribution in [2.45, 2.75) is 290 Å². The number of nitrogens with one attached hydrogen (secondary N) is 2. The van der Waals surface area contributed by atoms with Gasteiger partial charge in [0.15, 0.2) is 11.9 Å². The zero-order valence-electron chi connectivity index (χ0n) is 50.9. The smallest absolute Gasteiger partial charge is 0.462 e. The summed E-state index contributed by atoms with van der Waals surface area (Å²) in [6, 6.07) is 7.33. The third kappa shape index (κ3) is 40.3. The molecule has 1 aromatic carbocycles. The Hall–Kier alpha value is -3.89. The Morgan fingerprint density at radius 2 is 1.02 bits per heavy atom. The number of unbranched alkanes of at least 4 members (excludes halogenated alkanes) is 28. The lowest BCUT2D eigenvalue weighted by atomic mass is 9.99. The van der Waals surface area contributed by atoms with Crippen LogP contribution in [0, 0.1) is 6.92 Å². The number of benzene rings is 1. The highest BCUT2D eigenvalue weighted by Crippen LogP contribution is 2.43. The second kappa shape index (κ2) is 44.7. The van der Waals surface area contributed by atoms with Crippen molar-refractivity contribution in [3.63, 3.8) is 0 Å². The quantitative estimate of drug-likeness (QED) is 0.0318. The molecular formula is C62H109N6O11P. The van der Waals surface area contributed by atoms with Crippen molar-refractivity contribution < 1.29 is 51.9 Å². The van der Waals surface area contributed by atoms with Gasteiger partial charge in [-0.3, -0.25) is 28.2 Å². The molecular weight excluding hydrogens is 1040 g/mol. The molecule has 0 saturated carbocycles. The van der Waals surface area contributed by atoms with Crippen LogP contribution in [-0.2, 0) is 53.4 Å². The molecule has 0 aliphatic heterocycles. The van der Waals surface area contributed by atoms with E-state index < -0.39 is 43.6 Å². The van der Waals surface area contributed by atoms with Gasteiger partial charge in [0, 0.05) is 37.1 Å². The minimum atomic E-state index is -4.66. The first-order valence-electron chi connectivity index (χ1n) is 31.2. The summed E-state index contributed by atoms with van der Waals surface area (Å²) in [6.45, 7) is 12.6. The fraction of sp³-hybridized carbons (Fsp3) is 0.806. The summed E-state index contributed by atoms with van der Waals surface area (Å²) in [4.78, 5) is 62.0. The summed E-state index contributed by atoms with van der Waals surface area (Å²) in [5.41, 5.74) is 0.113. The summed E-state index contributed by atoms with van der Waals surface area (Å²) < 4.78 is 40.5. The minimum absolute atomic E-state index is 0.00652. The SMILES string of the molecule is CCCCCCCCCCCCCCCCCC(=O)OC[C@H](COP(=O)(O)OCCNC(=O)CC(C)(C)OCCC(C)(C)NC(=O)Cc1ccc(-c2nnc(C)nn2)cc1)OC(=O)CCCCCCCCCCCCCCCCC. The molecule has 1 heterocycles. The lowest BCUT2D eigenvalue weighted by molar-refractivity contribution is -0.161. The van der Waals surface area contributed by atoms with Gasteiger partial charge in [-0.25, -0.2) is 4.57 Å². The molecule has 2 aromatic rings. The zero-order valence-corrected chi connectivity index (χ0v) is 51.8. The van der Waals surface area contributed by atoms with Crippen molar-refractivity contribution in [1.82, 2.24) is 31.0 Å². The van der Waals surface area contributed by atoms with Gasteiger partial charge in [0.05, 0.1) is 31.7 Å². The van der Waals surface area contributed by atoms with Crippen LogP contribution in [0.1, 0.15) is 271 Å². The maximum atomic E-state index is 13.0. The molecule has 3 N–H and O–H groups in total. The Balaban J connectivity index is 1.72. The number of carbonyl (C=O) groups is 4. The maximum Gasteiger partial charge on any atom is 0.472 e. The van der Waals surface area contributed by atoms with Gasteiger partial charge in [0.1, 0.15) is 6.61 Å². The minimum Gasteiger partial charge on any atom is -0.462 e. The lowest BCUT2D eigenvalue weighted by Crippen LogP contribution is -2.45. The Kier molecular flexibility index (Phi) is 40.3. The molecule has 80 heavy (non-hydrogen) atoms. The molecule has 2 atom stereocenters. The molecule has 458 valence electrons. The summed E-state index contributed by atoms with van der Waals surface area (Å²) in [7, 11) is -4.66. The van der Waals surface area contributed by atoms with E-state index in [4.69, 9.17) is 23.3 Å². The Labute approximate surface area is 483 Å². The third-order valence-electron chi connectivity index (χ3n) is 14.2. The van der Waals surface area contributed by atoms with Crippen LogP contribution < -0.4 is 10.6 Å². The first-order chi connectivity index (χ1) is 38.4. The molecule has 0 aliphatic carbocycles. The van der Waals surface area contributed by atoms with Gasteiger partial charge in [-0.2, -0.15) is 0 Å². The monoisotopic (exact) mass is 1140 g/mol. The van der Waals surface area contributed by atoms with E-state index in [1.165, 1.54) is 141 Å². The van der Waals surface area contributed by atoms with Crippen molar-refractivity contribution >= 4 is 31.6 Å². The second-order valence-corrected chi connectivity index (χ2v) is 24.7. The summed E-state index contributed by atoms with van der Waals surface area (Å²) in [6.07, 6.45) is 36.4. The molecule has 0 fully saturated rings.